The number of ether oxygens (including phenoxy) is 2. The summed E-state index contributed by atoms with van der Waals surface area (Å²) in [7, 11) is 3.65. The van der Waals surface area contributed by atoms with Crippen LogP contribution in [0.2, 0.25) is 0 Å². The van der Waals surface area contributed by atoms with Crippen molar-refractivity contribution in [3.8, 4) is 5.75 Å². The number of amidine groups is 1. The molecule has 3 N–H and O–H groups in total. The molecule has 2 unspecified atom stereocenters. The molecule has 0 aliphatic heterocycles. The van der Waals surface area contributed by atoms with Crippen LogP contribution in [0.15, 0.2) is 81.5 Å². The van der Waals surface area contributed by atoms with Gasteiger partial charge in [0.15, 0.2) is 11.9 Å². The quantitative estimate of drug-likeness (QED) is 0.100. The fourth-order valence-electron chi connectivity index (χ4n) is 3.88. The summed E-state index contributed by atoms with van der Waals surface area (Å²) in [6.07, 6.45) is 7.48. The number of nitrogens with one attached hydrogen (secondary N) is 1. The normalized spacial score (nSPS) is 16.0. The minimum absolute atomic E-state index is 0. The van der Waals surface area contributed by atoms with Gasteiger partial charge in [-0.3, -0.25) is 4.99 Å². The van der Waals surface area contributed by atoms with Gasteiger partial charge in [-0.25, -0.2) is 4.99 Å². The van der Waals surface area contributed by atoms with Crippen molar-refractivity contribution in [3.05, 3.63) is 84.3 Å². The summed E-state index contributed by atoms with van der Waals surface area (Å²) in [5, 5.41) is 7.30. The summed E-state index contributed by atoms with van der Waals surface area (Å²) in [6.45, 7) is 23.0. The zero-order chi connectivity index (χ0) is 32.9. The molecule has 1 heterocycles. The van der Waals surface area contributed by atoms with Gasteiger partial charge in [-0.1, -0.05) is 56.3 Å². The van der Waals surface area contributed by atoms with Crippen LogP contribution in [0.5, 0.6) is 5.75 Å². The molecule has 2 atom stereocenters. The molecular formula is C35H53ClN6O3. The van der Waals surface area contributed by atoms with Gasteiger partial charge in [0.05, 0.1) is 6.54 Å². The van der Waals surface area contributed by atoms with E-state index in [1.165, 1.54) is 5.57 Å². The van der Waals surface area contributed by atoms with Gasteiger partial charge in [0.25, 0.3) is 5.89 Å². The molecule has 0 amide bonds. The van der Waals surface area contributed by atoms with Gasteiger partial charge in [-0.05, 0) is 77.8 Å². The van der Waals surface area contributed by atoms with E-state index in [9.17, 15) is 0 Å². The minimum atomic E-state index is -0.326. The van der Waals surface area contributed by atoms with E-state index in [1.54, 1.807) is 7.05 Å². The van der Waals surface area contributed by atoms with Crippen LogP contribution in [0.25, 0.3) is 5.57 Å². The maximum atomic E-state index is 6.17. The molecule has 45 heavy (non-hydrogen) atoms. The van der Waals surface area contributed by atoms with E-state index < -0.39 is 0 Å². The maximum Gasteiger partial charge on any atom is 0.268 e. The van der Waals surface area contributed by atoms with Crippen molar-refractivity contribution in [2.24, 2.45) is 27.6 Å². The third-order valence-electron chi connectivity index (χ3n) is 7.45. The predicted molar refractivity (Wildman–Crippen MR) is 189 cm³/mol. The molecule has 10 heteroatoms. The van der Waals surface area contributed by atoms with E-state index in [4.69, 9.17) is 19.7 Å². The van der Waals surface area contributed by atoms with Gasteiger partial charge in [-0.15, -0.1) is 19.0 Å². The molecule has 1 aromatic heterocycles. The average Bonchev–Trinajstić information content (AvgIpc) is 3.52. The van der Waals surface area contributed by atoms with Gasteiger partial charge >= 0.3 is 0 Å². The Bertz CT molecular complexity index is 1360. The van der Waals surface area contributed by atoms with E-state index in [2.05, 4.69) is 85.4 Å². The van der Waals surface area contributed by atoms with Gasteiger partial charge in [-0.2, -0.15) is 4.98 Å². The van der Waals surface area contributed by atoms with E-state index in [0.29, 0.717) is 54.7 Å². The topological polar surface area (TPSA) is 120 Å². The van der Waals surface area contributed by atoms with Crippen molar-refractivity contribution >= 4 is 29.5 Å². The second-order valence-corrected chi connectivity index (χ2v) is 11.7. The molecule has 248 valence electrons. The lowest BCUT2D eigenvalue weighted by atomic mass is 9.89. The Morgan fingerprint density at radius 2 is 1.93 bits per heavy atom. The summed E-state index contributed by atoms with van der Waals surface area (Å²) < 4.78 is 17.0. The molecule has 1 aliphatic carbocycles. The van der Waals surface area contributed by atoms with Crippen molar-refractivity contribution in [2.45, 2.75) is 73.0 Å². The molecule has 3 rings (SSSR count). The Morgan fingerprint density at radius 1 is 1.27 bits per heavy atom. The van der Waals surface area contributed by atoms with Crippen molar-refractivity contribution in [1.29, 1.82) is 0 Å². The van der Waals surface area contributed by atoms with Crippen molar-refractivity contribution in [2.75, 3.05) is 27.2 Å². The van der Waals surface area contributed by atoms with E-state index in [-0.39, 0.29) is 24.0 Å². The second-order valence-electron chi connectivity index (χ2n) is 11.7. The first-order chi connectivity index (χ1) is 20.9. The highest BCUT2D eigenvalue weighted by atomic mass is 35.5. The number of aromatic nitrogens is 2. The summed E-state index contributed by atoms with van der Waals surface area (Å²) >= 11 is 0. The minimum Gasteiger partial charge on any atom is -0.495 e. The second kappa shape index (κ2) is 19.1. The molecule has 1 aliphatic rings. The predicted octanol–water partition coefficient (Wildman–Crippen LogP) is 7.52. The summed E-state index contributed by atoms with van der Waals surface area (Å²) in [5.74, 6) is 3.88. The lowest BCUT2D eigenvalue weighted by Crippen LogP contribution is -2.41. The number of aliphatic imine (C=N–C) groups is 2. The number of rotatable bonds is 13. The van der Waals surface area contributed by atoms with E-state index >= 15 is 0 Å². The number of likely N-dealkylation sites (N-methyl/N-ethyl adjacent to an activating group) is 1. The zero-order valence-electron chi connectivity index (χ0n) is 28.5. The Morgan fingerprint density at radius 3 is 2.44 bits per heavy atom. The third kappa shape index (κ3) is 12.4. The van der Waals surface area contributed by atoms with Crippen molar-refractivity contribution in [3.63, 3.8) is 0 Å². The molecule has 0 bridgehead atoms. The molecule has 0 radical (unpaired) electrons. The molecule has 9 nitrogen and oxygen atoms in total. The zero-order valence-corrected chi connectivity index (χ0v) is 29.3. The first-order valence-electron chi connectivity index (χ1n) is 15.2. The van der Waals surface area contributed by atoms with Gasteiger partial charge in [0, 0.05) is 35.4 Å². The third-order valence-corrected chi connectivity index (χ3v) is 7.45. The van der Waals surface area contributed by atoms with Crippen LogP contribution >= 0.6 is 12.4 Å². The monoisotopic (exact) mass is 640 g/mol. The summed E-state index contributed by atoms with van der Waals surface area (Å²) in [6, 6.07) is 7.78. The Labute approximate surface area is 276 Å². The molecule has 0 saturated carbocycles. The number of nitrogens with two attached hydrogens (primary N) is 1. The maximum absolute atomic E-state index is 6.17. The molecule has 0 saturated heterocycles. The first kappa shape index (κ1) is 39.5. The highest BCUT2D eigenvalue weighted by molar-refractivity contribution is 6.06. The standard InChI is InChI=1S/C27H34N4O2.C8H18N2O.ClH/c1-8-20-10-11-22(16-18(20)5)26-30-27(33-31-26)24(9-2)32-23-14-12-21(13-15-23)25(28-7)29-19(6)17(3)4;1-7(5-9)11-6-8(2,3)10-4;/h8,11-17,20,24H,1,9-10H2,2-7H3;10H,1,5-6,9H2,2-4H3;1H. The van der Waals surface area contributed by atoms with Gasteiger partial charge < -0.3 is 25.0 Å². The van der Waals surface area contributed by atoms with Crippen LogP contribution in [-0.4, -0.2) is 54.5 Å². The summed E-state index contributed by atoms with van der Waals surface area (Å²) in [5.41, 5.74) is 9.50. The van der Waals surface area contributed by atoms with Crippen LogP contribution in [0.1, 0.15) is 84.7 Å². The molecule has 0 fully saturated rings. The fourth-order valence-corrected chi connectivity index (χ4v) is 3.88. The molecule has 0 spiro atoms. The highest BCUT2D eigenvalue weighted by Gasteiger charge is 2.22. The largest absolute Gasteiger partial charge is 0.495 e. The van der Waals surface area contributed by atoms with Crippen LogP contribution < -0.4 is 15.8 Å². The molecule has 2 aromatic rings. The van der Waals surface area contributed by atoms with Crippen LogP contribution in [-0.2, 0) is 4.74 Å². The molecule has 1 aromatic carbocycles. The first-order valence-corrected chi connectivity index (χ1v) is 15.2. The Hall–Kier alpha value is -3.53. The lowest BCUT2D eigenvalue weighted by Gasteiger charge is -2.24. The number of nitrogens with zero attached hydrogens (tertiary/aromatic N) is 4. The van der Waals surface area contributed by atoms with Crippen LogP contribution in [0.3, 0.4) is 0 Å². The lowest BCUT2D eigenvalue weighted by molar-refractivity contribution is 0.144. The van der Waals surface area contributed by atoms with E-state index in [0.717, 1.165) is 29.0 Å². The number of halogens is 1. The summed E-state index contributed by atoms with van der Waals surface area (Å²) in [4.78, 5) is 13.6. The van der Waals surface area contributed by atoms with E-state index in [1.807, 2.05) is 51.2 Å². The number of hydrogen-bond acceptors (Lipinski definition) is 8. The average molecular weight is 641 g/mol. The van der Waals surface area contributed by atoms with Crippen LogP contribution in [0, 0.1) is 11.8 Å². The smallest absolute Gasteiger partial charge is 0.268 e. The fraction of sp³-hybridized carbons (Fsp3) is 0.486. The van der Waals surface area contributed by atoms with Crippen molar-refractivity contribution in [1.82, 2.24) is 15.5 Å². The van der Waals surface area contributed by atoms with Crippen molar-refractivity contribution < 1.29 is 14.0 Å². The number of hydrogen-bond donors (Lipinski definition) is 2. The van der Waals surface area contributed by atoms with Crippen LogP contribution in [0.4, 0.5) is 0 Å². The highest BCUT2D eigenvalue weighted by Crippen LogP contribution is 2.30. The SMILES string of the molecule is C=C(CN)OCC(C)(C)NC.C=CC1CC=C(c2noc(C(CC)Oc3ccc(C(=NC)N=C(C)C(C)C)cc3)n2)C=C1C.Cl. The number of allylic oxidation sites excluding steroid dienone is 5. The number of benzene rings is 1. The Kier molecular flexibility index (Phi) is 16.8. The molecular weight excluding hydrogens is 588 g/mol. The van der Waals surface area contributed by atoms with Gasteiger partial charge in [0.1, 0.15) is 18.1 Å². The Balaban J connectivity index is 0.000000722. The van der Waals surface area contributed by atoms with Gasteiger partial charge in [0.2, 0.25) is 5.82 Å².